The van der Waals surface area contributed by atoms with Gasteiger partial charge in [0.25, 0.3) is 0 Å². The molecular weight excluding hydrogens is 537 g/mol. The topological polar surface area (TPSA) is 0 Å². The van der Waals surface area contributed by atoms with Crippen molar-refractivity contribution < 1.29 is 0 Å². The third kappa shape index (κ3) is 3.69. The van der Waals surface area contributed by atoms with Gasteiger partial charge < -0.3 is 0 Å². The van der Waals surface area contributed by atoms with E-state index in [2.05, 4.69) is 158 Å². The number of fused-ring (bicyclic) bond motifs is 6. The molecule has 0 N–H and O–H groups in total. The van der Waals surface area contributed by atoms with Crippen LogP contribution in [-0.4, -0.2) is 0 Å². The van der Waals surface area contributed by atoms with Gasteiger partial charge in [-0.2, -0.15) is 0 Å². The van der Waals surface area contributed by atoms with E-state index in [0.717, 1.165) is 0 Å². The van der Waals surface area contributed by atoms with Crippen LogP contribution in [0.25, 0.3) is 85.9 Å². The van der Waals surface area contributed by atoms with Crippen LogP contribution in [-0.2, 0) is 0 Å². The van der Waals surface area contributed by atoms with Gasteiger partial charge in [0.15, 0.2) is 0 Å². The van der Waals surface area contributed by atoms with Crippen LogP contribution >= 0.6 is 11.3 Å². The zero-order valence-electron chi connectivity index (χ0n) is 23.4. The Bertz CT molecular complexity index is 2440. The summed E-state index contributed by atoms with van der Waals surface area (Å²) in [7, 11) is 0. The highest BCUT2D eigenvalue weighted by atomic mass is 32.1. The summed E-state index contributed by atoms with van der Waals surface area (Å²) in [4.78, 5) is 0. The molecule has 0 saturated carbocycles. The van der Waals surface area contributed by atoms with Gasteiger partial charge in [-0.05, 0) is 66.2 Å². The Hall–Kier alpha value is -5.24. The fourth-order valence-corrected chi connectivity index (χ4v) is 8.26. The molecule has 0 spiro atoms. The van der Waals surface area contributed by atoms with Crippen LogP contribution < -0.4 is 0 Å². The fourth-order valence-electron chi connectivity index (χ4n) is 7.04. The van der Waals surface area contributed by atoms with Crippen LogP contribution in [0.5, 0.6) is 0 Å². The first-order valence-electron chi connectivity index (χ1n) is 14.8. The monoisotopic (exact) mass is 562 g/mol. The highest BCUT2D eigenvalue weighted by Crippen LogP contribution is 2.49. The van der Waals surface area contributed by atoms with Gasteiger partial charge in [0.1, 0.15) is 0 Å². The van der Waals surface area contributed by atoms with Gasteiger partial charge in [0, 0.05) is 25.7 Å². The highest BCUT2D eigenvalue weighted by molar-refractivity contribution is 7.26. The first kappa shape index (κ1) is 24.4. The number of hydrogen-bond donors (Lipinski definition) is 0. The smallest absolute Gasteiger partial charge is 0.0434 e. The zero-order valence-corrected chi connectivity index (χ0v) is 24.2. The number of rotatable bonds is 3. The molecule has 0 bridgehead atoms. The van der Waals surface area contributed by atoms with Gasteiger partial charge in [-0.1, -0.05) is 152 Å². The predicted molar refractivity (Wildman–Crippen MR) is 188 cm³/mol. The van der Waals surface area contributed by atoms with Crippen LogP contribution in [0.3, 0.4) is 0 Å². The lowest BCUT2D eigenvalue weighted by Gasteiger charge is -2.20. The average Bonchev–Trinajstić information content (AvgIpc) is 3.46. The van der Waals surface area contributed by atoms with E-state index < -0.39 is 0 Å². The molecule has 9 rings (SSSR count). The highest BCUT2D eigenvalue weighted by Gasteiger charge is 2.20. The molecule has 8 aromatic carbocycles. The van der Waals surface area contributed by atoms with E-state index in [9.17, 15) is 0 Å². The Morgan fingerprint density at radius 3 is 1.40 bits per heavy atom. The minimum Gasteiger partial charge on any atom is -0.135 e. The minimum absolute atomic E-state index is 1.24. The van der Waals surface area contributed by atoms with Crippen LogP contribution in [0, 0.1) is 0 Å². The first-order valence-corrected chi connectivity index (χ1v) is 15.6. The molecule has 0 aliphatic heterocycles. The van der Waals surface area contributed by atoms with E-state index >= 15 is 0 Å². The number of benzene rings is 8. The molecule has 1 aromatic heterocycles. The van der Waals surface area contributed by atoms with E-state index in [4.69, 9.17) is 0 Å². The molecule has 0 fully saturated rings. The summed E-state index contributed by atoms with van der Waals surface area (Å²) in [5.74, 6) is 0. The Balaban J connectivity index is 1.41. The third-order valence-corrected chi connectivity index (χ3v) is 10.1. The molecule has 0 saturated heterocycles. The summed E-state index contributed by atoms with van der Waals surface area (Å²) in [5, 5.41) is 10.4. The van der Waals surface area contributed by atoms with Gasteiger partial charge in [0.2, 0.25) is 0 Å². The van der Waals surface area contributed by atoms with Crippen molar-refractivity contribution in [3.63, 3.8) is 0 Å². The van der Waals surface area contributed by atoms with Gasteiger partial charge >= 0.3 is 0 Å². The Labute approximate surface area is 254 Å². The third-order valence-electron chi connectivity index (χ3n) is 8.88. The molecule has 0 radical (unpaired) electrons. The van der Waals surface area contributed by atoms with Crippen molar-refractivity contribution in [3.8, 4) is 33.4 Å². The largest absolute Gasteiger partial charge is 0.135 e. The van der Waals surface area contributed by atoms with Gasteiger partial charge in [0.05, 0.1) is 0 Å². The second-order valence-electron chi connectivity index (χ2n) is 11.2. The second kappa shape index (κ2) is 9.66. The predicted octanol–water partition coefficient (Wildman–Crippen LogP) is 12.5. The molecule has 0 unspecified atom stereocenters. The van der Waals surface area contributed by atoms with Gasteiger partial charge in [-0.3, -0.25) is 0 Å². The van der Waals surface area contributed by atoms with E-state index in [1.54, 1.807) is 0 Å². The van der Waals surface area contributed by atoms with Crippen molar-refractivity contribution in [2.75, 3.05) is 0 Å². The lowest BCUT2D eigenvalue weighted by molar-refractivity contribution is 1.64. The normalized spacial score (nSPS) is 11.7. The molecule has 0 aliphatic carbocycles. The maximum absolute atomic E-state index is 2.34. The molecule has 43 heavy (non-hydrogen) atoms. The summed E-state index contributed by atoms with van der Waals surface area (Å²) in [6.45, 7) is 0. The second-order valence-corrected chi connectivity index (χ2v) is 12.2. The van der Waals surface area contributed by atoms with Crippen LogP contribution in [0.1, 0.15) is 0 Å². The molecule has 1 heterocycles. The first-order chi connectivity index (χ1) is 21.4. The summed E-state index contributed by atoms with van der Waals surface area (Å²) in [5.41, 5.74) is 7.70. The lowest BCUT2D eigenvalue weighted by atomic mass is 9.83. The SMILES string of the molecule is c1ccc(-c2ccc(-c3c4ccccc4c(-c4cccc5c4sc4ccccc45)c4ccccc34)c3ccccc23)cc1. The Kier molecular flexibility index (Phi) is 5.47. The number of thiophene rings is 1. The molecule has 0 aliphatic rings. The maximum Gasteiger partial charge on any atom is 0.0434 e. The molecule has 0 atom stereocenters. The molecule has 0 amide bonds. The van der Waals surface area contributed by atoms with Crippen LogP contribution in [0.2, 0.25) is 0 Å². The van der Waals surface area contributed by atoms with Crippen molar-refractivity contribution in [2.45, 2.75) is 0 Å². The van der Waals surface area contributed by atoms with Crippen molar-refractivity contribution in [2.24, 2.45) is 0 Å². The molecule has 9 aromatic rings. The number of hydrogen-bond acceptors (Lipinski definition) is 1. The fraction of sp³-hybridized carbons (Fsp3) is 0. The summed E-state index contributed by atoms with van der Waals surface area (Å²) < 4.78 is 2.68. The van der Waals surface area contributed by atoms with Crippen molar-refractivity contribution >= 4 is 63.8 Å². The zero-order chi connectivity index (χ0) is 28.3. The quantitative estimate of drug-likeness (QED) is 0.188. The van der Waals surface area contributed by atoms with E-state index in [1.807, 2.05) is 11.3 Å². The van der Waals surface area contributed by atoms with Gasteiger partial charge in [-0.25, -0.2) is 0 Å². The van der Waals surface area contributed by atoms with Crippen LogP contribution in [0.15, 0.2) is 158 Å². The summed E-state index contributed by atoms with van der Waals surface area (Å²) in [6, 6.07) is 57.8. The van der Waals surface area contributed by atoms with Crippen molar-refractivity contribution in [3.05, 3.63) is 158 Å². The van der Waals surface area contributed by atoms with E-state index in [-0.39, 0.29) is 0 Å². The van der Waals surface area contributed by atoms with Gasteiger partial charge in [-0.15, -0.1) is 11.3 Å². The summed E-state index contributed by atoms with van der Waals surface area (Å²) >= 11 is 1.90. The molecule has 0 nitrogen and oxygen atoms in total. The Morgan fingerprint density at radius 2 is 0.744 bits per heavy atom. The molecular formula is C42H26S. The standard InChI is InChI=1S/C42H26S/c1-2-13-27(14-3-1)28-25-26-36(30-16-5-4-15-29(28)30)40-32-18-6-8-20-34(32)41(35-21-9-7-19-33(35)40)38-23-12-22-37-31-17-10-11-24-39(31)43-42(37)38/h1-26H. The lowest BCUT2D eigenvalue weighted by Crippen LogP contribution is -1.92. The maximum atomic E-state index is 2.34. The average molecular weight is 563 g/mol. The molecule has 200 valence electrons. The van der Waals surface area contributed by atoms with E-state index in [1.165, 1.54) is 85.9 Å². The van der Waals surface area contributed by atoms with Crippen molar-refractivity contribution in [1.29, 1.82) is 0 Å². The van der Waals surface area contributed by atoms with Crippen LogP contribution in [0.4, 0.5) is 0 Å². The Morgan fingerprint density at radius 1 is 0.279 bits per heavy atom. The summed E-state index contributed by atoms with van der Waals surface area (Å²) in [6.07, 6.45) is 0. The van der Waals surface area contributed by atoms with Crippen molar-refractivity contribution in [1.82, 2.24) is 0 Å². The molecule has 1 heteroatoms. The van der Waals surface area contributed by atoms with E-state index in [0.29, 0.717) is 0 Å². The minimum atomic E-state index is 1.24.